The van der Waals surface area contributed by atoms with Gasteiger partial charge in [-0.2, -0.15) is 13.2 Å². The number of hydrogen-bond acceptors (Lipinski definition) is 4. The third kappa shape index (κ3) is 4.33. The molecule has 2 aromatic carbocycles. The number of carbonyl (C=O) groups excluding carboxylic acids is 1. The van der Waals surface area contributed by atoms with E-state index >= 15 is 0 Å². The number of alkyl halides is 3. The molecule has 144 valence electrons. The molecular weight excluding hydrogens is 383 g/mol. The molecule has 0 atom stereocenters. The molecular formula is C17H16F3N3O3S. The predicted octanol–water partition coefficient (Wildman–Crippen LogP) is 2.44. The molecule has 0 aliphatic carbocycles. The fourth-order valence-electron chi connectivity index (χ4n) is 2.72. The van der Waals surface area contributed by atoms with Crippen LogP contribution in [-0.2, 0) is 21.0 Å². The van der Waals surface area contributed by atoms with Crippen LogP contribution in [0.5, 0.6) is 0 Å². The van der Waals surface area contributed by atoms with Gasteiger partial charge in [0.15, 0.2) is 0 Å². The minimum Gasteiger partial charge on any atom is -0.359 e. The average Bonchev–Trinajstić information content (AvgIpc) is 2.61. The first-order chi connectivity index (χ1) is 12.7. The number of anilines is 2. The first-order valence-corrected chi connectivity index (χ1v) is 9.46. The molecule has 0 saturated carbocycles. The van der Waals surface area contributed by atoms with Crippen molar-refractivity contribution in [1.82, 2.24) is 5.32 Å². The Morgan fingerprint density at radius 2 is 1.81 bits per heavy atom. The number of rotatable bonds is 4. The first-order valence-electron chi connectivity index (χ1n) is 7.97. The highest BCUT2D eigenvalue weighted by Crippen LogP contribution is 2.32. The molecule has 1 saturated heterocycles. The van der Waals surface area contributed by atoms with Crippen LogP contribution in [0.4, 0.5) is 24.5 Å². The summed E-state index contributed by atoms with van der Waals surface area (Å²) in [5.41, 5.74) is -0.390. The van der Waals surface area contributed by atoms with Crippen molar-refractivity contribution in [3.63, 3.8) is 0 Å². The Balaban J connectivity index is 1.92. The SMILES string of the molecule is O=C1CN(c2ccccc2NS(=O)(=O)c2cccc(C(F)(F)F)c2)CCN1. The lowest BCUT2D eigenvalue weighted by molar-refractivity contribution is -0.137. The lowest BCUT2D eigenvalue weighted by atomic mass is 10.2. The van der Waals surface area contributed by atoms with Crippen molar-refractivity contribution in [3.05, 3.63) is 54.1 Å². The van der Waals surface area contributed by atoms with Gasteiger partial charge in [0.2, 0.25) is 5.91 Å². The summed E-state index contributed by atoms with van der Waals surface area (Å²) in [6, 6.07) is 9.93. The molecule has 1 fully saturated rings. The van der Waals surface area contributed by atoms with Crippen molar-refractivity contribution >= 4 is 27.3 Å². The summed E-state index contributed by atoms with van der Waals surface area (Å²) in [6.45, 7) is 0.948. The van der Waals surface area contributed by atoms with E-state index in [0.717, 1.165) is 18.2 Å². The quantitative estimate of drug-likeness (QED) is 0.828. The lowest BCUT2D eigenvalue weighted by Crippen LogP contribution is -2.47. The van der Waals surface area contributed by atoms with Gasteiger partial charge >= 0.3 is 6.18 Å². The van der Waals surface area contributed by atoms with E-state index in [9.17, 15) is 26.4 Å². The Labute approximate surface area is 154 Å². The maximum atomic E-state index is 12.9. The summed E-state index contributed by atoms with van der Waals surface area (Å²) in [4.78, 5) is 12.8. The average molecular weight is 399 g/mol. The van der Waals surface area contributed by atoms with E-state index in [1.807, 2.05) is 0 Å². The van der Waals surface area contributed by atoms with E-state index in [1.54, 1.807) is 23.1 Å². The summed E-state index contributed by atoms with van der Waals surface area (Å²) in [5, 5.41) is 2.67. The van der Waals surface area contributed by atoms with E-state index in [1.165, 1.54) is 6.07 Å². The van der Waals surface area contributed by atoms with Crippen LogP contribution in [0.1, 0.15) is 5.56 Å². The summed E-state index contributed by atoms with van der Waals surface area (Å²) in [5.74, 6) is -0.197. The molecule has 10 heteroatoms. The number of sulfonamides is 1. The Morgan fingerprint density at radius 3 is 2.52 bits per heavy atom. The highest BCUT2D eigenvalue weighted by atomic mass is 32.2. The zero-order chi connectivity index (χ0) is 19.7. The molecule has 1 amide bonds. The Hall–Kier alpha value is -2.75. The van der Waals surface area contributed by atoms with Crippen LogP contribution in [0.2, 0.25) is 0 Å². The monoisotopic (exact) mass is 399 g/mol. The van der Waals surface area contributed by atoms with Gasteiger partial charge in [-0.1, -0.05) is 18.2 Å². The van der Waals surface area contributed by atoms with Gasteiger partial charge in [0.1, 0.15) is 0 Å². The number of nitrogens with one attached hydrogen (secondary N) is 2. The molecule has 0 unspecified atom stereocenters. The van der Waals surface area contributed by atoms with Gasteiger partial charge in [0.25, 0.3) is 10.0 Å². The molecule has 2 N–H and O–H groups in total. The highest BCUT2D eigenvalue weighted by Gasteiger charge is 2.32. The molecule has 27 heavy (non-hydrogen) atoms. The molecule has 2 aromatic rings. The third-order valence-corrected chi connectivity index (χ3v) is 5.36. The van der Waals surface area contributed by atoms with Gasteiger partial charge in [-0.25, -0.2) is 8.42 Å². The standard InChI is InChI=1S/C17H16F3N3O3S/c18-17(19,20)12-4-3-5-13(10-12)27(25,26)22-14-6-1-2-7-15(14)23-9-8-21-16(24)11-23/h1-7,10,22H,8-9,11H2,(H,21,24). The minimum absolute atomic E-state index is 0.0578. The van der Waals surface area contributed by atoms with Crippen molar-refractivity contribution in [2.75, 3.05) is 29.3 Å². The summed E-state index contributed by atoms with van der Waals surface area (Å²) in [7, 11) is -4.25. The van der Waals surface area contributed by atoms with Gasteiger partial charge in [-0.3, -0.25) is 9.52 Å². The summed E-state index contributed by atoms with van der Waals surface area (Å²) < 4.78 is 66.1. The number of halogens is 3. The number of hydrogen-bond donors (Lipinski definition) is 2. The van der Waals surface area contributed by atoms with Crippen LogP contribution < -0.4 is 14.9 Å². The topological polar surface area (TPSA) is 78.5 Å². The van der Waals surface area contributed by atoms with Crippen molar-refractivity contribution in [3.8, 4) is 0 Å². The fourth-order valence-corrected chi connectivity index (χ4v) is 3.84. The number of amides is 1. The number of carbonyl (C=O) groups is 1. The smallest absolute Gasteiger partial charge is 0.359 e. The van der Waals surface area contributed by atoms with Crippen molar-refractivity contribution in [1.29, 1.82) is 0 Å². The summed E-state index contributed by atoms with van der Waals surface area (Å²) >= 11 is 0. The van der Waals surface area contributed by atoms with Gasteiger partial charge in [0.05, 0.1) is 28.4 Å². The predicted molar refractivity (Wildman–Crippen MR) is 93.9 cm³/mol. The van der Waals surface area contributed by atoms with E-state index in [-0.39, 0.29) is 18.1 Å². The molecule has 0 spiro atoms. The maximum Gasteiger partial charge on any atom is 0.416 e. The molecule has 6 nitrogen and oxygen atoms in total. The molecule has 1 aliphatic rings. The normalized spacial score (nSPS) is 15.4. The largest absolute Gasteiger partial charge is 0.416 e. The van der Waals surface area contributed by atoms with Gasteiger partial charge in [-0.05, 0) is 30.3 Å². The molecule has 0 bridgehead atoms. The first kappa shape index (κ1) is 19.0. The van der Waals surface area contributed by atoms with Crippen LogP contribution >= 0.6 is 0 Å². The lowest BCUT2D eigenvalue weighted by Gasteiger charge is -2.30. The van der Waals surface area contributed by atoms with E-state index < -0.39 is 26.7 Å². The Morgan fingerprint density at radius 1 is 1.07 bits per heavy atom. The Kier molecular flexibility index (Phi) is 5.01. The fraction of sp³-hybridized carbons (Fsp3) is 0.235. The second-order valence-electron chi connectivity index (χ2n) is 5.92. The number of benzene rings is 2. The molecule has 1 heterocycles. The molecule has 3 rings (SSSR count). The van der Waals surface area contributed by atoms with E-state index in [2.05, 4.69) is 10.0 Å². The van der Waals surface area contributed by atoms with Crippen LogP contribution in [0.15, 0.2) is 53.4 Å². The molecule has 0 radical (unpaired) electrons. The minimum atomic E-state index is -4.65. The van der Waals surface area contributed by atoms with Crippen molar-refractivity contribution in [2.24, 2.45) is 0 Å². The zero-order valence-corrected chi connectivity index (χ0v) is 14.8. The number of nitrogens with zero attached hydrogens (tertiary/aromatic N) is 1. The van der Waals surface area contributed by atoms with Crippen molar-refractivity contribution < 1.29 is 26.4 Å². The third-order valence-electron chi connectivity index (χ3n) is 4.00. The second kappa shape index (κ2) is 7.10. The number of para-hydroxylation sites is 2. The van der Waals surface area contributed by atoms with Gasteiger partial charge in [0, 0.05) is 13.1 Å². The van der Waals surface area contributed by atoms with Crippen molar-refractivity contribution in [2.45, 2.75) is 11.1 Å². The van der Waals surface area contributed by atoms with Crippen LogP contribution in [0.25, 0.3) is 0 Å². The van der Waals surface area contributed by atoms with Gasteiger partial charge < -0.3 is 10.2 Å². The second-order valence-corrected chi connectivity index (χ2v) is 7.60. The Bertz CT molecular complexity index is 961. The van der Waals surface area contributed by atoms with E-state index in [4.69, 9.17) is 0 Å². The maximum absolute atomic E-state index is 12.9. The van der Waals surface area contributed by atoms with Crippen LogP contribution in [0, 0.1) is 0 Å². The highest BCUT2D eigenvalue weighted by molar-refractivity contribution is 7.92. The van der Waals surface area contributed by atoms with E-state index in [0.29, 0.717) is 24.8 Å². The van der Waals surface area contributed by atoms with Crippen LogP contribution in [0.3, 0.4) is 0 Å². The molecule has 0 aromatic heterocycles. The summed E-state index contributed by atoms with van der Waals surface area (Å²) in [6.07, 6.45) is -4.65. The number of piperazine rings is 1. The van der Waals surface area contributed by atoms with Crippen LogP contribution in [-0.4, -0.2) is 34.0 Å². The van der Waals surface area contributed by atoms with Gasteiger partial charge in [-0.15, -0.1) is 0 Å². The zero-order valence-electron chi connectivity index (χ0n) is 14.0. The molecule has 1 aliphatic heterocycles.